The average molecular weight is 857 g/mol. The molecule has 55 heavy (non-hydrogen) atoms. The van der Waals surface area contributed by atoms with Gasteiger partial charge < -0.3 is 0 Å². The fourth-order valence-electron chi connectivity index (χ4n) is 7.41. The van der Waals surface area contributed by atoms with Gasteiger partial charge >= 0.3 is 0 Å². The summed E-state index contributed by atoms with van der Waals surface area (Å²) in [5.74, 6) is 0. The van der Waals surface area contributed by atoms with Crippen LogP contribution in [-0.4, -0.2) is 0 Å². The van der Waals surface area contributed by atoms with Crippen LogP contribution < -0.4 is 0 Å². The molecule has 7 heteroatoms. The Hall–Kier alpha value is -2.10. The van der Waals surface area contributed by atoms with Crippen LogP contribution in [-0.2, 0) is 12.8 Å². The molecule has 7 aromatic heterocycles. The molecule has 0 aliphatic rings. The largest absolute Gasteiger partial charge is 0.143 e. The van der Waals surface area contributed by atoms with Crippen molar-refractivity contribution in [2.75, 3.05) is 0 Å². The van der Waals surface area contributed by atoms with E-state index >= 15 is 0 Å². The van der Waals surface area contributed by atoms with Gasteiger partial charge in [-0.3, -0.25) is 0 Å². The number of hydrogen-bond acceptors (Lipinski definition) is 7. The SMILES string of the molecule is CCCCCCCCCCc1cc(-c2ccc(-c3ccc(-c4cc(CCCCCCCCCC)c(-c5ccc(-c6cccs6)s5)s4)s3)s2)sc1-c1cccs1. The van der Waals surface area contributed by atoms with E-state index in [4.69, 9.17) is 0 Å². The van der Waals surface area contributed by atoms with Crippen molar-refractivity contribution in [1.82, 2.24) is 0 Å². The van der Waals surface area contributed by atoms with Crippen LogP contribution in [0.3, 0.4) is 0 Å². The number of thiophene rings is 7. The molecule has 7 heterocycles. The van der Waals surface area contributed by atoms with Gasteiger partial charge in [-0.15, -0.1) is 79.4 Å². The molecule has 290 valence electrons. The van der Waals surface area contributed by atoms with Gasteiger partial charge in [-0.1, -0.05) is 116 Å². The summed E-state index contributed by atoms with van der Waals surface area (Å²) in [6.45, 7) is 4.61. The fourth-order valence-corrected chi connectivity index (χ4v) is 15.0. The van der Waals surface area contributed by atoms with Crippen LogP contribution in [0, 0.1) is 0 Å². The third-order valence-corrected chi connectivity index (χ3v) is 19.0. The minimum Gasteiger partial charge on any atom is -0.143 e. The third kappa shape index (κ3) is 11.3. The lowest BCUT2D eigenvalue weighted by molar-refractivity contribution is 0.576. The third-order valence-electron chi connectivity index (χ3n) is 10.5. The molecule has 0 bridgehead atoms. The number of rotatable bonds is 24. The molecule has 0 aromatic carbocycles. The molecule has 0 aliphatic heterocycles. The van der Waals surface area contributed by atoms with E-state index in [-0.39, 0.29) is 0 Å². The minimum absolute atomic E-state index is 1.18. The maximum atomic E-state index is 2.53. The molecule has 0 N–H and O–H groups in total. The Bertz CT molecular complexity index is 2110. The second-order valence-electron chi connectivity index (χ2n) is 14.8. The van der Waals surface area contributed by atoms with Crippen molar-refractivity contribution >= 4 is 79.4 Å². The van der Waals surface area contributed by atoms with Gasteiger partial charge in [0.2, 0.25) is 0 Å². The zero-order valence-electron chi connectivity index (χ0n) is 32.7. The predicted molar refractivity (Wildman–Crippen MR) is 257 cm³/mol. The lowest BCUT2D eigenvalue weighted by Crippen LogP contribution is -1.86. The first kappa shape index (κ1) is 41.1. The molecule has 0 unspecified atom stereocenters. The molecule has 0 radical (unpaired) electrons. The summed E-state index contributed by atoms with van der Waals surface area (Å²) < 4.78 is 0. The average Bonchev–Trinajstić information content (AvgIpc) is 4.05. The molecule has 0 saturated heterocycles. The highest BCUT2D eigenvalue weighted by atomic mass is 32.1. The fraction of sp³-hybridized carbons (Fsp3) is 0.417. The number of hydrogen-bond donors (Lipinski definition) is 0. The van der Waals surface area contributed by atoms with Crippen molar-refractivity contribution < 1.29 is 0 Å². The van der Waals surface area contributed by atoms with Gasteiger partial charge in [0, 0.05) is 58.5 Å². The summed E-state index contributed by atoms with van der Waals surface area (Å²) in [4.78, 5) is 17.0. The van der Waals surface area contributed by atoms with Gasteiger partial charge in [0.25, 0.3) is 0 Å². The highest BCUT2D eigenvalue weighted by Gasteiger charge is 2.19. The second kappa shape index (κ2) is 21.6. The van der Waals surface area contributed by atoms with Crippen molar-refractivity contribution in [3.05, 3.63) is 94.7 Å². The predicted octanol–water partition coefficient (Wildman–Crippen LogP) is 19.5. The van der Waals surface area contributed by atoms with Crippen LogP contribution in [0.5, 0.6) is 0 Å². The summed E-state index contributed by atoms with van der Waals surface area (Å²) >= 11 is 13.6. The molecule has 0 amide bonds. The van der Waals surface area contributed by atoms with Crippen LogP contribution in [0.1, 0.15) is 128 Å². The van der Waals surface area contributed by atoms with E-state index in [1.807, 2.05) is 79.4 Å². The summed E-state index contributed by atoms with van der Waals surface area (Å²) in [7, 11) is 0. The standard InChI is InChI=1S/C48H56S7/c1-3-5-7-9-11-13-15-17-21-35-33-45(54-47(35)43-24-20-32-50-43)41-27-25-39(51-41)40-26-28-42(52-40)46-34-36(22-18-16-14-12-10-8-6-4-2)48(55-46)44-30-29-38(53-44)37-23-19-31-49-37/h19-20,23-34H,3-18,21-22H2,1-2H3. The molecule has 7 rings (SSSR count). The van der Waals surface area contributed by atoms with Crippen molar-refractivity contribution in [1.29, 1.82) is 0 Å². The monoisotopic (exact) mass is 856 g/mol. The van der Waals surface area contributed by atoms with E-state index in [1.165, 1.54) is 174 Å². The zero-order valence-corrected chi connectivity index (χ0v) is 38.4. The van der Waals surface area contributed by atoms with Gasteiger partial charge in [-0.05, 0) is 108 Å². The zero-order chi connectivity index (χ0) is 37.7. The Morgan fingerprint density at radius 1 is 0.327 bits per heavy atom. The summed E-state index contributed by atoms with van der Waals surface area (Å²) in [6.07, 6.45) is 24.2. The van der Waals surface area contributed by atoms with Crippen molar-refractivity contribution in [2.24, 2.45) is 0 Å². The topological polar surface area (TPSA) is 0 Å². The smallest absolute Gasteiger partial charge is 0.0481 e. The van der Waals surface area contributed by atoms with Crippen molar-refractivity contribution in [3.63, 3.8) is 0 Å². The molecule has 0 spiro atoms. The highest BCUT2D eigenvalue weighted by Crippen LogP contribution is 2.48. The first-order valence-electron chi connectivity index (χ1n) is 20.8. The van der Waals surface area contributed by atoms with Crippen molar-refractivity contribution in [3.8, 4) is 58.5 Å². The van der Waals surface area contributed by atoms with Crippen LogP contribution >= 0.6 is 79.4 Å². The normalized spacial score (nSPS) is 11.7. The van der Waals surface area contributed by atoms with Gasteiger partial charge in [0.15, 0.2) is 0 Å². The molecule has 0 saturated carbocycles. The quantitative estimate of drug-likeness (QED) is 0.0531. The Labute approximate surface area is 359 Å². The lowest BCUT2D eigenvalue weighted by atomic mass is 10.0. The van der Waals surface area contributed by atoms with Crippen molar-refractivity contribution in [2.45, 2.75) is 129 Å². The molecule has 7 aromatic rings. The first-order chi connectivity index (χ1) is 27.2. The van der Waals surface area contributed by atoms with E-state index in [1.54, 1.807) is 11.1 Å². The highest BCUT2D eigenvalue weighted by molar-refractivity contribution is 7.31. The van der Waals surface area contributed by atoms with E-state index in [0.717, 1.165) is 0 Å². The van der Waals surface area contributed by atoms with Crippen LogP contribution in [0.2, 0.25) is 0 Å². The Morgan fingerprint density at radius 2 is 0.691 bits per heavy atom. The molecule has 0 fully saturated rings. The van der Waals surface area contributed by atoms with E-state index < -0.39 is 0 Å². The van der Waals surface area contributed by atoms with E-state index in [0.29, 0.717) is 0 Å². The first-order valence-corrected chi connectivity index (χ1v) is 26.7. The van der Waals surface area contributed by atoms with Crippen LogP contribution in [0.25, 0.3) is 58.5 Å². The maximum Gasteiger partial charge on any atom is 0.0481 e. The van der Waals surface area contributed by atoms with E-state index in [2.05, 4.69) is 97.4 Å². The second-order valence-corrected chi connectivity index (χ2v) is 22.1. The van der Waals surface area contributed by atoms with Gasteiger partial charge in [0.05, 0.1) is 0 Å². The summed E-state index contributed by atoms with van der Waals surface area (Å²) in [5.41, 5.74) is 3.09. The van der Waals surface area contributed by atoms with Gasteiger partial charge in [-0.25, -0.2) is 0 Å². The molecular formula is C48H56S7. The van der Waals surface area contributed by atoms with Crippen LogP contribution in [0.4, 0.5) is 0 Å². The summed E-state index contributed by atoms with van der Waals surface area (Å²) in [6, 6.07) is 28.2. The molecule has 0 aliphatic carbocycles. The molecular weight excluding hydrogens is 801 g/mol. The van der Waals surface area contributed by atoms with E-state index in [9.17, 15) is 0 Å². The van der Waals surface area contributed by atoms with Gasteiger partial charge in [-0.2, -0.15) is 0 Å². The summed E-state index contributed by atoms with van der Waals surface area (Å²) in [5, 5.41) is 4.42. The van der Waals surface area contributed by atoms with Crippen LogP contribution in [0.15, 0.2) is 83.6 Å². The Kier molecular flexibility index (Phi) is 16.1. The number of aryl methyl sites for hydroxylation is 2. The Morgan fingerprint density at radius 3 is 1.15 bits per heavy atom. The molecule has 0 atom stereocenters. The lowest BCUT2D eigenvalue weighted by Gasteiger charge is -2.03. The Balaban J connectivity index is 1.05. The number of unbranched alkanes of at least 4 members (excludes halogenated alkanes) is 14. The minimum atomic E-state index is 1.18. The van der Waals surface area contributed by atoms with Gasteiger partial charge in [0.1, 0.15) is 0 Å². The maximum absolute atomic E-state index is 2.53. The molecule has 0 nitrogen and oxygen atoms in total.